The number of carbonyl (C=O) groups excluding carboxylic acids is 1. The number of amides is 1. The van der Waals surface area contributed by atoms with E-state index in [1.807, 2.05) is 6.92 Å². The lowest BCUT2D eigenvalue weighted by Crippen LogP contribution is -2.45. The van der Waals surface area contributed by atoms with Gasteiger partial charge in [-0.05, 0) is 26.7 Å². The van der Waals surface area contributed by atoms with Crippen LogP contribution in [0.4, 0.5) is 0 Å². The van der Waals surface area contributed by atoms with Gasteiger partial charge in [0.1, 0.15) is 0 Å². The first kappa shape index (κ1) is 13.2. The molecule has 1 N–H and O–H groups in total. The molecule has 0 spiro atoms. The molecular formula is C11H17BrN2O2. The molecular weight excluding hydrogens is 272 g/mol. The molecule has 0 aliphatic heterocycles. The van der Waals surface area contributed by atoms with Gasteiger partial charge in [-0.2, -0.15) is 0 Å². The molecule has 90 valence electrons. The monoisotopic (exact) mass is 288 g/mol. The van der Waals surface area contributed by atoms with Crippen LogP contribution >= 0.6 is 15.9 Å². The largest absolute Gasteiger partial charge is 0.438 e. The maximum absolute atomic E-state index is 11.9. The molecule has 0 fully saturated rings. The highest BCUT2D eigenvalue weighted by atomic mass is 79.9. The second kappa shape index (κ2) is 5.48. The van der Waals surface area contributed by atoms with E-state index in [2.05, 4.69) is 33.2 Å². The quantitative estimate of drug-likeness (QED) is 0.848. The summed E-state index contributed by atoms with van der Waals surface area (Å²) in [5.41, 5.74) is 0.412. The van der Waals surface area contributed by atoms with Gasteiger partial charge in [-0.3, -0.25) is 4.79 Å². The number of rotatable bonds is 5. The van der Waals surface area contributed by atoms with Gasteiger partial charge in [-0.1, -0.05) is 22.9 Å². The van der Waals surface area contributed by atoms with Crippen molar-refractivity contribution in [2.75, 3.05) is 5.33 Å². The van der Waals surface area contributed by atoms with Gasteiger partial charge < -0.3 is 9.73 Å². The van der Waals surface area contributed by atoms with Crippen LogP contribution in [-0.2, 0) is 0 Å². The van der Waals surface area contributed by atoms with Gasteiger partial charge in [0.15, 0.2) is 6.39 Å². The van der Waals surface area contributed by atoms with Crippen molar-refractivity contribution in [3.63, 3.8) is 0 Å². The molecule has 1 atom stereocenters. The van der Waals surface area contributed by atoms with Crippen LogP contribution in [0.1, 0.15) is 42.9 Å². The molecule has 1 aromatic rings. The Hall–Kier alpha value is -0.840. The number of aromatic nitrogens is 1. The predicted molar refractivity (Wildman–Crippen MR) is 65.8 cm³/mol. The Bertz CT molecular complexity index is 365. The summed E-state index contributed by atoms with van der Waals surface area (Å²) in [4.78, 5) is 15.8. The minimum atomic E-state index is -0.209. The molecule has 5 heteroatoms. The average molecular weight is 289 g/mol. The van der Waals surface area contributed by atoms with Crippen molar-refractivity contribution in [2.24, 2.45) is 0 Å². The van der Waals surface area contributed by atoms with E-state index in [4.69, 9.17) is 4.42 Å². The van der Waals surface area contributed by atoms with Crippen molar-refractivity contribution in [3.8, 4) is 0 Å². The Balaban J connectivity index is 2.73. The van der Waals surface area contributed by atoms with Crippen LogP contribution in [0.2, 0.25) is 0 Å². The van der Waals surface area contributed by atoms with Crippen molar-refractivity contribution in [2.45, 2.75) is 39.2 Å². The molecule has 1 heterocycles. The summed E-state index contributed by atoms with van der Waals surface area (Å²) >= 11 is 3.39. The average Bonchev–Trinajstić information content (AvgIpc) is 2.65. The summed E-state index contributed by atoms with van der Waals surface area (Å²) in [7, 11) is 0. The fourth-order valence-corrected chi connectivity index (χ4v) is 2.26. The van der Waals surface area contributed by atoms with Gasteiger partial charge >= 0.3 is 0 Å². The van der Waals surface area contributed by atoms with Gasteiger partial charge in [0.2, 0.25) is 5.76 Å². The number of alkyl halides is 1. The Morgan fingerprint density at radius 1 is 1.69 bits per heavy atom. The number of nitrogens with zero attached hydrogens (tertiary/aromatic N) is 1. The van der Waals surface area contributed by atoms with E-state index >= 15 is 0 Å². The van der Waals surface area contributed by atoms with Crippen LogP contribution in [0, 0.1) is 6.92 Å². The lowest BCUT2D eigenvalue weighted by atomic mass is 9.95. The molecule has 1 unspecified atom stereocenters. The summed E-state index contributed by atoms with van der Waals surface area (Å²) in [5, 5.41) is 3.84. The topological polar surface area (TPSA) is 55.1 Å². The van der Waals surface area contributed by atoms with Crippen molar-refractivity contribution in [1.82, 2.24) is 10.3 Å². The molecule has 0 saturated carbocycles. The Morgan fingerprint density at radius 2 is 2.38 bits per heavy atom. The van der Waals surface area contributed by atoms with Crippen LogP contribution in [-0.4, -0.2) is 21.8 Å². The molecule has 1 rings (SSSR count). The van der Waals surface area contributed by atoms with E-state index in [1.54, 1.807) is 6.92 Å². The Morgan fingerprint density at radius 3 is 2.81 bits per heavy atom. The number of aryl methyl sites for hydroxylation is 1. The highest BCUT2D eigenvalue weighted by molar-refractivity contribution is 9.09. The zero-order valence-corrected chi connectivity index (χ0v) is 11.4. The van der Waals surface area contributed by atoms with Gasteiger partial charge in [0.25, 0.3) is 5.91 Å². The van der Waals surface area contributed by atoms with Crippen LogP contribution in [0.5, 0.6) is 0 Å². The maximum Gasteiger partial charge on any atom is 0.289 e. The third-order valence-electron chi connectivity index (χ3n) is 2.79. The smallest absolute Gasteiger partial charge is 0.289 e. The number of carbonyl (C=O) groups is 1. The lowest BCUT2D eigenvalue weighted by Gasteiger charge is -2.28. The Kier molecular flexibility index (Phi) is 4.53. The fourth-order valence-electron chi connectivity index (χ4n) is 1.39. The van der Waals surface area contributed by atoms with Crippen LogP contribution in [0.15, 0.2) is 10.8 Å². The molecule has 0 aliphatic carbocycles. The zero-order chi connectivity index (χ0) is 12.2. The third kappa shape index (κ3) is 3.07. The number of hydrogen-bond donors (Lipinski definition) is 1. The molecule has 16 heavy (non-hydrogen) atoms. The zero-order valence-electron chi connectivity index (χ0n) is 9.84. The van der Waals surface area contributed by atoms with Crippen molar-refractivity contribution >= 4 is 21.8 Å². The lowest BCUT2D eigenvalue weighted by molar-refractivity contribution is 0.0872. The first-order chi connectivity index (χ1) is 7.52. The number of nitrogens with one attached hydrogen (secondary N) is 1. The highest BCUT2D eigenvalue weighted by Gasteiger charge is 2.26. The van der Waals surface area contributed by atoms with Crippen LogP contribution in [0.25, 0.3) is 0 Å². The van der Waals surface area contributed by atoms with E-state index in [-0.39, 0.29) is 11.4 Å². The van der Waals surface area contributed by atoms with Crippen molar-refractivity contribution in [3.05, 3.63) is 17.8 Å². The first-order valence-corrected chi connectivity index (χ1v) is 6.43. The highest BCUT2D eigenvalue weighted by Crippen LogP contribution is 2.17. The van der Waals surface area contributed by atoms with E-state index in [9.17, 15) is 4.79 Å². The molecule has 0 bridgehead atoms. The second-order valence-electron chi connectivity index (χ2n) is 4.07. The summed E-state index contributed by atoms with van der Waals surface area (Å²) in [6, 6.07) is 0. The summed E-state index contributed by atoms with van der Waals surface area (Å²) < 4.78 is 5.06. The van der Waals surface area contributed by atoms with E-state index in [1.165, 1.54) is 6.39 Å². The van der Waals surface area contributed by atoms with E-state index in [0.717, 1.165) is 18.2 Å². The van der Waals surface area contributed by atoms with Gasteiger partial charge in [0.05, 0.1) is 5.69 Å². The number of hydrogen-bond acceptors (Lipinski definition) is 3. The minimum absolute atomic E-state index is 0.194. The summed E-state index contributed by atoms with van der Waals surface area (Å²) in [6.07, 6.45) is 3.04. The standard InChI is InChI=1S/C11H17BrN2O2/c1-4-11(3,5-6-12)14-10(15)9-8(2)13-7-16-9/h7H,4-6H2,1-3H3,(H,14,15). The number of oxazole rings is 1. The van der Waals surface area contributed by atoms with Crippen LogP contribution in [0.3, 0.4) is 0 Å². The van der Waals surface area contributed by atoms with Crippen molar-refractivity contribution < 1.29 is 9.21 Å². The molecule has 0 radical (unpaired) electrons. The molecule has 1 aromatic heterocycles. The maximum atomic E-state index is 11.9. The third-order valence-corrected chi connectivity index (χ3v) is 3.19. The summed E-state index contributed by atoms with van der Waals surface area (Å²) in [6.45, 7) is 5.83. The van der Waals surface area contributed by atoms with Gasteiger partial charge in [-0.25, -0.2) is 4.98 Å². The number of halogens is 1. The molecule has 0 saturated heterocycles. The molecule has 4 nitrogen and oxygen atoms in total. The second-order valence-corrected chi connectivity index (χ2v) is 4.87. The minimum Gasteiger partial charge on any atom is -0.438 e. The van der Waals surface area contributed by atoms with Gasteiger partial charge in [-0.15, -0.1) is 0 Å². The van der Waals surface area contributed by atoms with Crippen molar-refractivity contribution in [1.29, 1.82) is 0 Å². The van der Waals surface area contributed by atoms with Crippen LogP contribution < -0.4 is 5.32 Å². The molecule has 1 amide bonds. The van der Waals surface area contributed by atoms with E-state index < -0.39 is 0 Å². The van der Waals surface area contributed by atoms with Gasteiger partial charge in [0, 0.05) is 10.9 Å². The summed E-state index contributed by atoms with van der Waals surface area (Å²) in [5.74, 6) is 0.106. The molecule has 0 aromatic carbocycles. The van der Waals surface area contributed by atoms with E-state index in [0.29, 0.717) is 11.5 Å². The normalized spacial score (nSPS) is 14.5. The first-order valence-electron chi connectivity index (χ1n) is 5.31. The molecule has 0 aliphatic rings. The Labute approximate surface area is 104 Å². The SMILES string of the molecule is CCC(C)(CCBr)NC(=O)c1ocnc1C. The predicted octanol–water partition coefficient (Wildman–Crippen LogP) is 2.67. The fraction of sp³-hybridized carbons (Fsp3) is 0.636.